The van der Waals surface area contributed by atoms with Crippen LogP contribution in [0.3, 0.4) is 0 Å². The van der Waals surface area contributed by atoms with Gasteiger partial charge in [-0.25, -0.2) is 24.9 Å². The number of nitrogens with zero attached hydrogens (tertiary/aromatic N) is 11. The molecule has 9 heterocycles. The topological polar surface area (TPSA) is 94.0 Å². The van der Waals surface area contributed by atoms with E-state index < -0.39 is 0 Å². The highest BCUT2D eigenvalue weighted by Crippen LogP contribution is 2.47. The van der Waals surface area contributed by atoms with Gasteiger partial charge in [0.2, 0.25) is 0 Å². The van der Waals surface area contributed by atoms with E-state index in [-0.39, 0.29) is 0 Å². The van der Waals surface area contributed by atoms with Gasteiger partial charge >= 0.3 is 0 Å². The van der Waals surface area contributed by atoms with Crippen LogP contribution in [-0.2, 0) is 0 Å². The van der Waals surface area contributed by atoms with Gasteiger partial charge in [0.15, 0.2) is 11.6 Å². The summed E-state index contributed by atoms with van der Waals surface area (Å²) in [4.78, 5) is 25.3. The number of pyridine rings is 1. The lowest BCUT2D eigenvalue weighted by molar-refractivity contribution is 1.16. The Labute approximate surface area is 864 Å². The number of hydrogen-bond donors (Lipinski definition) is 0. The van der Waals surface area contributed by atoms with Crippen molar-refractivity contribution in [2.24, 2.45) is 0 Å². The fourth-order valence-corrected chi connectivity index (χ4v) is 22.4. The van der Waals surface area contributed by atoms with Gasteiger partial charge in [-0.05, 0) is 193 Å². The summed E-state index contributed by atoms with van der Waals surface area (Å²) in [5, 5.41) is 15.0. The monoisotopic (exact) mass is 1910 g/mol. The van der Waals surface area contributed by atoms with E-state index in [2.05, 4.69) is 501 Å². The summed E-state index contributed by atoms with van der Waals surface area (Å²) in [5.41, 5.74) is 37.2. The van der Waals surface area contributed by atoms with E-state index in [0.29, 0.717) is 11.6 Å². The molecule has 0 spiro atoms. The molecule has 702 valence electrons. The van der Waals surface area contributed by atoms with Crippen LogP contribution in [-0.4, -0.2) is 52.3 Å². The summed E-state index contributed by atoms with van der Waals surface area (Å²) in [5.74, 6) is 1.42. The average Bonchev–Trinajstić information content (AvgIpc) is 1.56. The zero-order valence-corrected chi connectivity index (χ0v) is 81.5. The van der Waals surface area contributed by atoms with Crippen LogP contribution in [0.4, 0.5) is 0 Å². The molecule has 0 N–H and O–H groups in total. The molecule has 0 aliphatic heterocycles. The van der Waals surface area contributed by atoms with Crippen LogP contribution >= 0.6 is 0 Å². The summed E-state index contributed by atoms with van der Waals surface area (Å²) >= 11 is 0. The number of fused-ring (bicyclic) bond motifs is 18. The van der Waals surface area contributed by atoms with E-state index in [4.69, 9.17) is 24.9 Å². The largest absolute Gasteiger partial charge is 0.309 e. The molecule has 0 aliphatic carbocycles. The lowest BCUT2D eigenvalue weighted by atomic mass is 10.00. The van der Waals surface area contributed by atoms with E-state index in [1.807, 2.05) is 78.9 Å². The zero-order valence-electron chi connectivity index (χ0n) is 81.5. The van der Waals surface area contributed by atoms with E-state index in [0.717, 1.165) is 118 Å². The van der Waals surface area contributed by atoms with Gasteiger partial charge in [0.25, 0.3) is 0 Å². The molecule has 0 fully saturated rings. The molecule has 0 radical (unpaired) electrons. The Hall–Kier alpha value is -20.3. The fraction of sp³-hybridized carbons (Fsp3) is 0. The third-order valence-electron chi connectivity index (χ3n) is 29.4. The van der Waals surface area contributed by atoms with Crippen LogP contribution in [0, 0.1) is 0 Å². The van der Waals surface area contributed by atoms with Crippen LogP contribution in [0.1, 0.15) is 0 Å². The minimum atomic E-state index is 0.702. The third-order valence-corrected chi connectivity index (χ3v) is 29.4. The van der Waals surface area contributed by atoms with Crippen molar-refractivity contribution in [2.45, 2.75) is 0 Å². The van der Waals surface area contributed by atoms with E-state index in [9.17, 15) is 0 Å². The molecule has 11 heteroatoms. The van der Waals surface area contributed by atoms with Crippen LogP contribution in [0.5, 0.6) is 0 Å². The van der Waals surface area contributed by atoms with Gasteiger partial charge in [-0.2, -0.15) is 0 Å². The lowest BCUT2D eigenvalue weighted by Crippen LogP contribution is -1.97. The Bertz CT molecular complexity index is 9270. The smallest absolute Gasteiger partial charge is 0.160 e. The molecule has 0 unspecified atom stereocenters. The first-order valence-electron chi connectivity index (χ1n) is 50.9. The predicted octanol–water partition coefficient (Wildman–Crippen LogP) is 35.6. The van der Waals surface area contributed by atoms with Crippen molar-refractivity contribution in [1.82, 2.24) is 52.3 Å². The Morgan fingerprint density at radius 1 is 0.100 bits per heavy atom. The highest BCUT2D eigenvalue weighted by atomic mass is 15.0. The van der Waals surface area contributed by atoms with Gasteiger partial charge < -0.3 is 27.4 Å². The van der Waals surface area contributed by atoms with Crippen LogP contribution in [0.25, 0.3) is 266 Å². The highest BCUT2D eigenvalue weighted by Gasteiger charge is 2.26. The van der Waals surface area contributed by atoms with Crippen LogP contribution < -0.4 is 0 Å². The molecule has 0 bridgehead atoms. The molecular weight excluding hydrogens is 1820 g/mol. The number of para-hydroxylation sites is 9. The number of benzene rings is 21. The first kappa shape index (κ1) is 87.5. The molecule has 9 aromatic heterocycles. The van der Waals surface area contributed by atoms with Crippen LogP contribution in [0.15, 0.2) is 552 Å². The van der Waals surface area contributed by atoms with E-state index in [1.165, 1.54) is 136 Å². The molecule has 30 rings (SSSR count). The van der Waals surface area contributed by atoms with E-state index in [1.54, 1.807) is 0 Å². The highest BCUT2D eigenvalue weighted by molar-refractivity contribution is 6.23. The summed E-state index contributed by atoms with van der Waals surface area (Å²) in [6.45, 7) is 0. The summed E-state index contributed by atoms with van der Waals surface area (Å²) in [6.07, 6.45) is 0. The second kappa shape index (κ2) is 37.2. The van der Waals surface area contributed by atoms with Crippen LogP contribution in [0.2, 0.25) is 0 Å². The van der Waals surface area contributed by atoms with Crippen molar-refractivity contribution in [1.29, 1.82) is 0 Å². The molecule has 21 aromatic carbocycles. The molecule has 0 saturated carbocycles. The summed E-state index contributed by atoms with van der Waals surface area (Å²) in [7, 11) is 0. The number of rotatable bonds is 15. The standard InChI is InChI=1S/C47H31N3.2C46H30N4/c1-4-14-32(15-5-1)35-28-42(33-16-6-2-7-17-33)48-43(29-35)34-24-26-37(27-25-34)50-45-23-13-11-21-39(45)41-30-40-38-20-10-12-22-44(38)49(46(40)31-47(41)50)36-18-8-3-9-19-36;1-4-14-31(15-5-1)40-29-41(48-46(47-40)33-16-6-2-7-17-33)32-24-26-35(27-25-32)50-43-23-13-11-21-37(43)39-28-38-36-20-10-12-22-42(36)49(44(38)30-45(39)50)34-18-8-3-9-19-34;1-4-14-31(15-5-1)40-29-41(32-16-6-2-7-17-32)48-46(47-40)33-24-26-35(27-25-33)50-43-23-13-11-21-37(43)39-28-38-36-20-10-12-22-42(36)49(44(38)30-45(39)50)34-18-8-3-9-19-34/h1-31H;2*1-30H. The Balaban J connectivity index is 0.000000108. The van der Waals surface area contributed by atoms with Gasteiger partial charge in [-0.1, -0.05) is 370 Å². The minimum absolute atomic E-state index is 0.702. The lowest BCUT2D eigenvalue weighted by Gasteiger charge is -2.12. The first-order chi connectivity index (χ1) is 74.4. The fourth-order valence-electron chi connectivity index (χ4n) is 22.4. The minimum Gasteiger partial charge on any atom is -0.309 e. The van der Waals surface area contributed by atoms with Crippen molar-refractivity contribution in [2.75, 3.05) is 0 Å². The molecular formula is C139H91N11. The summed E-state index contributed by atoms with van der Waals surface area (Å²) < 4.78 is 14.4. The van der Waals surface area contributed by atoms with Gasteiger partial charge in [0, 0.05) is 143 Å². The second-order valence-electron chi connectivity index (χ2n) is 38.2. The molecule has 0 saturated heterocycles. The molecule has 0 amide bonds. The molecule has 11 nitrogen and oxygen atoms in total. The van der Waals surface area contributed by atoms with Crippen molar-refractivity contribution in [3.05, 3.63) is 552 Å². The van der Waals surface area contributed by atoms with Gasteiger partial charge in [0.1, 0.15) is 0 Å². The maximum absolute atomic E-state index is 5.18. The second-order valence-corrected chi connectivity index (χ2v) is 38.2. The van der Waals surface area contributed by atoms with Gasteiger partial charge in [-0.3, -0.25) is 0 Å². The van der Waals surface area contributed by atoms with Gasteiger partial charge in [-0.15, -0.1) is 0 Å². The Morgan fingerprint density at radius 2 is 0.273 bits per heavy atom. The first-order valence-corrected chi connectivity index (χ1v) is 50.9. The molecule has 150 heavy (non-hydrogen) atoms. The summed E-state index contributed by atoms with van der Waals surface area (Å²) in [6, 6.07) is 196. The van der Waals surface area contributed by atoms with Crippen molar-refractivity contribution in [3.63, 3.8) is 0 Å². The average molecular weight is 1920 g/mol. The maximum atomic E-state index is 5.18. The van der Waals surface area contributed by atoms with Crippen molar-refractivity contribution >= 4 is 131 Å². The normalized spacial score (nSPS) is 11.6. The third kappa shape index (κ3) is 15.5. The Kier molecular flexibility index (Phi) is 21.7. The predicted molar refractivity (Wildman–Crippen MR) is 623 cm³/mol. The molecule has 0 atom stereocenters. The van der Waals surface area contributed by atoms with Gasteiger partial charge in [0.05, 0.1) is 100 Å². The Morgan fingerprint density at radius 3 is 0.513 bits per heavy atom. The van der Waals surface area contributed by atoms with Crippen molar-refractivity contribution in [3.8, 4) is 136 Å². The van der Waals surface area contributed by atoms with E-state index >= 15 is 0 Å². The number of aromatic nitrogens is 11. The maximum Gasteiger partial charge on any atom is 0.160 e. The van der Waals surface area contributed by atoms with Crippen molar-refractivity contribution < 1.29 is 0 Å². The quantitative estimate of drug-likeness (QED) is 0.102. The molecule has 30 aromatic rings. The molecule has 0 aliphatic rings. The zero-order chi connectivity index (χ0) is 99.1. The SMILES string of the molecule is c1ccc(-c2cc(-c3ccc(-n4c5ccccc5c5cc6c7ccccc7n(-c7ccccc7)c6cc54)cc3)nc(-c3ccccc3)n2)cc1.c1ccc(-c2cc(-c3ccccc3)nc(-c3ccc(-n4c5ccccc5c5cc6c7ccccc7n(-c7ccccc7)c6cc54)cc3)c2)cc1.c1ccc(-c2cc(-c3ccccc3)nc(-c3ccc(-n4c5ccccc5c5cc6c7ccccc7n(-c7ccccc7)c6cc54)cc3)n2)cc1. The number of hydrogen-bond acceptors (Lipinski definition) is 5.